The predicted molar refractivity (Wildman–Crippen MR) is 120 cm³/mol. The van der Waals surface area contributed by atoms with Crippen molar-refractivity contribution < 1.29 is 19.1 Å². The maximum absolute atomic E-state index is 13.1. The zero-order valence-corrected chi connectivity index (χ0v) is 18.7. The molecule has 0 radical (unpaired) electrons. The fraction of sp³-hybridized carbons (Fsp3) is 0.520. The van der Waals surface area contributed by atoms with E-state index in [1.807, 2.05) is 16.8 Å². The quantitative estimate of drug-likeness (QED) is 0.528. The molecule has 7 heteroatoms. The van der Waals surface area contributed by atoms with Crippen molar-refractivity contribution in [2.45, 2.75) is 44.8 Å². The average Bonchev–Trinajstić information content (AvgIpc) is 3.19. The highest BCUT2D eigenvalue weighted by Crippen LogP contribution is 2.27. The number of carbonyl (C=O) groups excluding carboxylic acids is 2. The van der Waals surface area contributed by atoms with E-state index in [2.05, 4.69) is 4.90 Å². The molecular formula is C25H32FN3O3. The molecule has 1 amide bonds. The van der Waals surface area contributed by atoms with Crippen LogP contribution in [-0.4, -0.2) is 64.4 Å². The monoisotopic (exact) mass is 441 g/mol. The molecule has 1 atom stereocenters. The highest BCUT2D eigenvalue weighted by atomic mass is 19.1. The number of fused-ring (bicyclic) bond motifs is 1. The molecule has 4 rings (SSSR count). The van der Waals surface area contributed by atoms with Gasteiger partial charge in [0.25, 0.3) is 5.91 Å². The highest BCUT2D eigenvalue weighted by molar-refractivity contribution is 5.97. The molecule has 32 heavy (non-hydrogen) atoms. The average molecular weight is 442 g/mol. The van der Waals surface area contributed by atoms with Crippen molar-refractivity contribution >= 4 is 11.7 Å². The number of aliphatic hydroxyl groups is 1. The molecule has 1 fully saturated rings. The normalized spacial score (nSPS) is 20.3. The second kappa shape index (κ2) is 9.96. The van der Waals surface area contributed by atoms with E-state index >= 15 is 0 Å². The summed E-state index contributed by atoms with van der Waals surface area (Å²) in [6.45, 7) is 4.07. The summed E-state index contributed by atoms with van der Waals surface area (Å²) in [5, 5.41) is 10.3. The van der Waals surface area contributed by atoms with Crippen LogP contribution < -0.4 is 0 Å². The van der Waals surface area contributed by atoms with Gasteiger partial charge in [-0.15, -0.1) is 0 Å². The zero-order valence-electron chi connectivity index (χ0n) is 18.7. The Morgan fingerprint density at radius 1 is 1.03 bits per heavy atom. The van der Waals surface area contributed by atoms with Gasteiger partial charge >= 0.3 is 0 Å². The summed E-state index contributed by atoms with van der Waals surface area (Å²) in [6, 6.07) is 7.72. The first kappa shape index (κ1) is 22.7. The lowest BCUT2D eigenvalue weighted by Gasteiger charge is -2.31. The Kier molecular flexibility index (Phi) is 7.06. The molecule has 3 heterocycles. The van der Waals surface area contributed by atoms with Crippen LogP contribution in [0.1, 0.15) is 64.6 Å². The molecule has 0 saturated carbocycles. The number of benzene rings is 1. The van der Waals surface area contributed by atoms with Gasteiger partial charge in [0.15, 0.2) is 5.78 Å². The Labute approximate surface area is 188 Å². The van der Waals surface area contributed by atoms with Crippen LogP contribution in [0.3, 0.4) is 0 Å². The van der Waals surface area contributed by atoms with Gasteiger partial charge in [-0.05, 0) is 82.1 Å². The van der Waals surface area contributed by atoms with E-state index in [1.54, 1.807) is 24.1 Å². The third-order valence-corrected chi connectivity index (χ3v) is 6.85. The molecule has 2 aliphatic rings. The molecule has 1 aromatic carbocycles. The number of hydrogen-bond acceptors (Lipinski definition) is 4. The van der Waals surface area contributed by atoms with Crippen molar-refractivity contribution in [2.75, 3.05) is 33.2 Å². The van der Waals surface area contributed by atoms with E-state index < -0.39 is 6.10 Å². The number of aryl methyl sites for hydroxylation is 1. The number of Topliss-reactive ketones (excluding diaryl/α,β-unsaturated/α-hetero) is 1. The first-order valence-electron chi connectivity index (χ1n) is 11.6. The maximum Gasteiger partial charge on any atom is 0.270 e. The Morgan fingerprint density at radius 3 is 2.44 bits per heavy atom. The fourth-order valence-electron chi connectivity index (χ4n) is 4.83. The number of hydrogen-bond donors (Lipinski definition) is 1. The van der Waals surface area contributed by atoms with Crippen LogP contribution >= 0.6 is 0 Å². The van der Waals surface area contributed by atoms with Crippen LogP contribution in [0.2, 0.25) is 0 Å². The molecule has 0 spiro atoms. The summed E-state index contributed by atoms with van der Waals surface area (Å²) in [7, 11) is 1.78. The molecular weight excluding hydrogens is 409 g/mol. The molecule has 1 aromatic heterocycles. The summed E-state index contributed by atoms with van der Waals surface area (Å²) in [5.74, 6) is -0.203. The van der Waals surface area contributed by atoms with Crippen LogP contribution in [0.5, 0.6) is 0 Å². The molecule has 0 bridgehead atoms. The summed E-state index contributed by atoms with van der Waals surface area (Å²) in [6.07, 6.45) is 5.52. The number of carbonyl (C=O) groups is 2. The van der Waals surface area contributed by atoms with E-state index in [0.29, 0.717) is 24.2 Å². The molecule has 172 valence electrons. The number of rotatable bonds is 7. The first-order valence-corrected chi connectivity index (χ1v) is 11.6. The van der Waals surface area contributed by atoms with E-state index in [0.717, 1.165) is 57.4 Å². The van der Waals surface area contributed by atoms with Gasteiger partial charge in [0.05, 0.1) is 6.10 Å². The largest absolute Gasteiger partial charge is 0.388 e. The lowest BCUT2D eigenvalue weighted by Crippen LogP contribution is -2.37. The van der Waals surface area contributed by atoms with Crippen molar-refractivity contribution in [3.05, 3.63) is 59.2 Å². The third-order valence-electron chi connectivity index (χ3n) is 6.85. The maximum atomic E-state index is 13.1. The van der Waals surface area contributed by atoms with Crippen LogP contribution in [-0.2, 0) is 6.54 Å². The molecule has 2 aliphatic heterocycles. The van der Waals surface area contributed by atoms with E-state index in [9.17, 15) is 19.1 Å². The van der Waals surface area contributed by atoms with Gasteiger partial charge in [0.2, 0.25) is 0 Å². The van der Waals surface area contributed by atoms with Gasteiger partial charge in [0.1, 0.15) is 11.5 Å². The summed E-state index contributed by atoms with van der Waals surface area (Å²) in [4.78, 5) is 29.4. The van der Waals surface area contributed by atoms with Crippen molar-refractivity contribution in [1.29, 1.82) is 0 Å². The topological polar surface area (TPSA) is 65.8 Å². The van der Waals surface area contributed by atoms with E-state index in [-0.39, 0.29) is 23.4 Å². The number of ketones is 1. The van der Waals surface area contributed by atoms with Crippen molar-refractivity contribution in [1.82, 2.24) is 14.4 Å². The molecule has 1 N–H and O–H groups in total. The van der Waals surface area contributed by atoms with Crippen molar-refractivity contribution in [3.8, 4) is 0 Å². The van der Waals surface area contributed by atoms with Crippen LogP contribution in [0, 0.1) is 11.7 Å². The number of likely N-dealkylation sites (tertiary alicyclic amines) is 1. The van der Waals surface area contributed by atoms with Crippen molar-refractivity contribution in [3.63, 3.8) is 0 Å². The Bertz CT molecular complexity index is 948. The van der Waals surface area contributed by atoms with Gasteiger partial charge in [0, 0.05) is 43.4 Å². The molecule has 0 aliphatic carbocycles. The second-order valence-electron chi connectivity index (χ2n) is 9.04. The Balaban J connectivity index is 1.23. The SMILES string of the molecule is CN1CCC(O)c2ccn(CCCCN3CCC(C(=O)c4ccc(F)cc4)CC3)c2C1=O. The molecule has 2 aromatic rings. The molecule has 1 unspecified atom stereocenters. The minimum atomic E-state index is -0.584. The zero-order chi connectivity index (χ0) is 22.7. The number of aromatic nitrogens is 1. The summed E-state index contributed by atoms with van der Waals surface area (Å²) in [5.41, 5.74) is 1.96. The van der Waals surface area contributed by atoms with Gasteiger partial charge in [-0.25, -0.2) is 4.39 Å². The number of amides is 1. The minimum absolute atomic E-state index is 0.0153. The smallest absolute Gasteiger partial charge is 0.270 e. The first-order chi connectivity index (χ1) is 15.4. The van der Waals surface area contributed by atoms with E-state index in [1.165, 1.54) is 12.1 Å². The number of unbranched alkanes of at least 4 members (excludes halogenated alkanes) is 1. The van der Waals surface area contributed by atoms with Crippen LogP contribution in [0.4, 0.5) is 4.39 Å². The van der Waals surface area contributed by atoms with Crippen LogP contribution in [0.25, 0.3) is 0 Å². The second-order valence-corrected chi connectivity index (χ2v) is 9.04. The number of piperidine rings is 1. The standard InChI is InChI=1S/C25H32FN3O3/c1-27-14-11-22(30)21-10-17-29(23(21)25(27)32)13-3-2-12-28-15-8-19(9-16-28)24(31)18-4-6-20(26)7-5-18/h4-7,10,17,19,22,30H,2-3,8-9,11-16H2,1H3. The van der Waals surface area contributed by atoms with Gasteiger partial charge in [-0.3, -0.25) is 9.59 Å². The highest BCUT2D eigenvalue weighted by Gasteiger charge is 2.28. The molecule has 1 saturated heterocycles. The van der Waals surface area contributed by atoms with Crippen LogP contribution in [0.15, 0.2) is 36.5 Å². The lowest BCUT2D eigenvalue weighted by molar-refractivity contribution is 0.0778. The number of halogens is 1. The number of aliphatic hydroxyl groups excluding tert-OH is 1. The summed E-state index contributed by atoms with van der Waals surface area (Å²) >= 11 is 0. The Hall–Kier alpha value is -2.51. The summed E-state index contributed by atoms with van der Waals surface area (Å²) < 4.78 is 15.1. The van der Waals surface area contributed by atoms with Gasteiger partial charge < -0.3 is 19.5 Å². The molecule has 6 nitrogen and oxygen atoms in total. The number of nitrogens with zero attached hydrogens (tertiary/aromatic N) is 3. The van der Waals surface area contributed by atoms with E-state index in [4.69, 9.17) is 0 Å². The van der Waals surface area contributed by atoms with Gasteiger partial charge in [-0.1, -0.05) is 0 Å². The fourth-order valence-corrected chi connectivity index (χ4v) is 4.83. The predicted octanol–water partition coefficient (Wildman–Crippen LogP) is 3.51. The van der Waals surface area contributed by atoms with Crippen molar-refractivity contribution in [2.24, 2.45) is 5.92 Å². The lowest BCUT2D eigenvalue weighted by atomic mass is 9.89. The Morgan fingerprint density at radius 2 is 1.72 bits per heavy atom. The third kappa shape index (κ3) is 4.94. The minimum Gasteiger partial charge on any atom is -0.388 e. The van der Waals surface area contributed by atoms with Gasteiger partial charge in [-0.2, -0.15) is 0 Å².